The van der Waals surface area contributed by atoms with Gasteiger partial charge in [0, 0.05) is 6.54 Å². The number of carboxylic acids is 1. The van der Waals surface area contributed by atoms with Gasteiger partial charge in [-0.15, -0.1) is 0 Å². The van der Waals surface area contributed by atoms with Crippen LogP contribution in [-0.2, 0) is 20.9 Å². The quantitative estimate of drug-likeness (QED) is 0.621. The number of carbonyl (C=O) groups is 3. The van der Waals surface area contributed by atoms with Crippen LogP contribution >= 0.6 is 0 Å². The first-order chi connectivity index (χ1) is 13.3. The van der Waals surface area contributed by atoms with Crippen LogP contribution in [0, 0.1) is 5.92 Å². The molecule has 3 N–H and O–H groups in total. The summed E-state index contributed by atoms with van der Waals surface area (Å²) >= 11 is 0. The second-order valence-corrected chi connectivity index (χ2v) is 7.09. The Morgan fingerprint density at radius 2 is 1.96 bits per heavy atom. The zero-order valence-electron chi connectivity index (χ0n) is 16.2. The molecule has 1 heterocycles. The average molecular weight is 392 g/mol. The van der Waals surface area contributed by atoms with Crippen LogP contribution in [0.25, 0.3) is 0 Å². The van der Waals surface area contributed by atoms with Gasteiger partial charge in [-0.1, -0.05) is 50.6 Å². The van der Waals surface area contributed by atoms with Crippen LogP contribution in [-0.4, -0.2) is 57.8 Å². The van der Waals surface area contributed by atoms with Gasteiger partial charge < -0.3 is 25.2 Å². The van der Waals surface area contributed by atoms with E-state index < -0.39 is 36.2 Å². The topological polar surface area (TPSA) is 116 Å². The molecule has 0 aromatic heterocycles. The highest BCUT2D eigenvalue weighted by molar-refractivity contribution is 5.87. The summed E-state index contributed by atoms with van der Waals surface area (Å²) < 4.78 is 5.21. The van der Waals surface area contributed by atoms with Crippen molar-refractivity contribution in [1.29, 1.82) is 0 Å². The lowest BCUT2D eigenvalue weighted by molar-refractivity contribution is -0.152. The third-order valence-electron chi connectivity index (χ3n) is 5.16. The Morgan fingerprint density at radius 1 is 1.29 bits per heavy atom. The number of ether oxygens (including phenoxy) is 1. The molecule has 0 radical (unpaired) electrons. The molecule has 1 saturated heterocycles. The maximum absolute atomic E-state index is 13.0. The molecule has 2 rings (SSSR count). The molecule has 154 valence electrons. The molecule has 1 aromatic rings. The third-order valence-corrected chi connectivity index (χ3v) is 5.16. The lowest BCUT2D eigenvalue weighted by atomic mass is 9.97. The summed E-state index contributed by atoms with van der Waals surface area (Å²) in [6, 6.07) is 7.54. The van der Waals surface area contributed by atoms with Crippen molar-refractivity contribution in [2.24, 2.45) is 5.92 Å². The summed E-state index contributed by atoms with van der Waals surface area (Å²) in [5.41, 5.74) is 0.827. The van der Waals surface area contributed by atoms with Crippen LogP contribution in [0.3, 0.4) is 0 Å². The summed E-state index contributed by atoms with van der Waals surface area (Å²) in [5.74, 6) is -1.94. The van der Waals surface area contributed by atoms with Gasteiger partial charge in [0.2, 0.25) is 5.91 Å². The van der Waals surface area contributed by atoms with Gasteiger partial charge in [-0.2, -0.15) is 0 Å². The van der Waals surface area contributed by atoms with Crippen LogP contribution in [0.1, 0.15) is 38.7 Å². The molecule has 1 unspecified atom stereocenters. The van der Waals surface area contributed by atoms with E-state index in [2.05, 4.69) is 5.32 Å². The summed E-state index contributed by atoms with van der Waals surface area (Å²) in [7, 11) is 0. The molecule has 0 bridgehead atoms. The standard InChI is InChI=1S/C20H28N2O6/c1-3-13(2)16(21-20(27)28-12-14-8-5-4-6-9-14)18(24)22-11-7-10-15(22)17(23)19(25)26/h4-6,8-9,13,15-17,23H,3,7,10-12H2,1-2H3,(H,21,27)(H,25,26)/t13-,15?,16-,17+/m1/s1. The number of rotatable bonds is 8. The van der Waals surface area contributed by atoms with E-state index in [4.69, 9.17) is 9.84 Å². The summed E-state index contributed by atoms with van der Waals surface area (Å²) in [4.78, 5) is 37.8. The molecule has 1 fully saturated rings. The second kappa shape index (κ2) is 10.1. The van der Waals surface area contributed by atoms with E-state index in [1.807, 2.05) is 44.2 Å². The number of nitrogens with one attached hydrogen (secondary N) is 1. The van der Waals surface area contributed by atoms with Crippen molar-refractivity contribution >= 4 is 18.0 Å². The largest absolute Gasteiger partial charge is 0.479 e. The van der Waals surface area contributed by atoms with Crippen molar-refractivity contribution in [1.82, 2.24) is 10.2 Å². The normalized spacial score (nSPS) is 19.5. The van der Waals surface area contributed by atoms with Crippen molar-refractivity contribution in [3.8, 4) is 0 Å². The van der Waals surface area contributed by atoms with Crippen LogP contribution in [0.5, 0.6) is 0 Å². The van der Waals surface area contributed by atoms with E-state index in [0.717, 1.165) is 5.56 Å². The summed E-state index contributed by atoms with van der Waals surface area (Å²) in [6.45, 7) is 4.16. The molecule has 4 atom stereocenters. The first-order valence-electron chi connectivity index (χ1n) is 9.53. The predicted molar refractivity (Wildman–Crippen MR) is 101 cm³/mol. The molecule has 0 aliphatic carbocycles. The van der Waals surface area contributed by atoms with Crippen molar-refractivity contribution < 1.29 is 29.3 Å². The molecule has 1 aliphatic heterocycles. The fourth-order valence-electron chi connectivity index (χ4n) is 3.31. The minimum absolute atomic E-state index is 0.0815. The van der Waals surface area contributed by atoms with E-state index in [1.165, 1.54) is 4.90 Å². The number of carboxylic acid groups (broad SMARTS) is 1. The van der Waals surface area contributed by atoms with Crippen LogP contribution in [0.15, 0.2) is 30.3 Å². The summed E-state index contributed by atoms with van der Waals surface area (Å²) in [6.07, 6.45) is -0.710. The van der Waals surface area contributed by atoms with Crippen molar-refractivity contribution in [2.45, 2.75) is 57.9 Å². The van der Waals surface area contributed by atoms with E-state index in [1.54, 1.807) is 0 Å². The highest BCUT2D eigenvalue weighted by Gasteiger charge is 2.41. The maximum atomic E-state index is 13.0. The Kier molecular flexibility index (Phi) is 7.80. The Balaban J connectivity index is 2.04. The first-order valence-corrected chi connectivity index (χ1v) is 9.53. The van der Waals surface area contributed by atoms with Crippen molar-refractivity contribution in [3.05, 3.63) is 35.9 Å². The SMILES string of the molecule is CC[C@@H](C)[C@@H](NC(=O)OCc1ccccc1)C(=O)N1CCCC1[C@H](O)C(=O)O. The van der Waals surface area contributed by atoms with E-state index in [0.29, 0.717) is 25.8 Å². The Bertz CT molecular complexity index is 681. The minimum Gasteiger partial charge on any atom is -0.479 e. The van der Waals surface area contributed by atoms with Crippen molar-refractivity contribution in [3.63, 3.8) is 0 Å². The number of likely N-dealkylation sites (tertiary alicyclic amines) is 1. The number of hydrogen-bond donors (Lipinski definition) is 3. The number of aliphatic hydroxyl groups excluding tert-OH is 1. The number of aliphatic hydroxyl groups is 1. The second-order valence-electron chi connectivity index (χ2n) is 7.09. The van der Waals surface area contributed by atoms with Gasteiger partial charge in [-0.05, 0) is 24.3 Å². The number of hydrogen-bond acceptors (Lipinski definition) is 5. The Morgan fingerprint density at radius 3 is 2.57 bits per heavy atom. The lowest BCUT2D eigenvalue weighted by Gasteiger charge is -2.32. The zero-order chi connectivity index (χ0) is 20.7. The minimum atomic E-state index is -1.64. The fraction of sp³-hybridized carbons (Fsp3) is 0.550. The lowest BCUT2D eigenvalue weighted by Crippen LogP contribution is -2.55. The molecular formula is C20H28N2O6. The summed E-state index contributed by atoms with van der Waals surface area (Å²) in [5, 5.41) is 21.6. The average Bonchev–Trinajstić information content (AvgIpc) is 3.19. The smallest absolute Gasteiger partial charge is 0.408 e. The predicted octanol–water partition coefficient (Wildman–Crippen LogP) is 1.76. The molecule has 1 aromatic carbocycles. The number of alkyl carbamates (subject to hydrolysis) is 1. The zero-order valence-corrected chi connectivity index (χ0v) is 16.2. The molecular weight excluding hydrogens is 364 g/mol. The van der Waals surface area contributed by atoms with E-state index >= 15 is 0 Å². The number of carbonyl (C=O) groups excluding carboxylic acids is 2. The number of nitrogens with zero attached hydrogens (tertiary/aromatic N) is 1. The van der Waals surface area contributed by atoms with Gasteiger partial charge in [-0.25, -0.2) is 9.59 Å². The highest BCUT2D eigenvalue weighted by Crippen LogP contribution is 2.23. The number of aliphatic carboxylic acids is 1. The number of amides is 2. The highest BCUT2D eigenvalue weighted by atomic mass is 16.5. The van der Waals surface area contributed by atoms with Gasteiger partial charge in [0.05, 0.1) is 6.04 Å². The van der Waals surface area contributed by atoms with Gasteiger partial charge in [0.15, 0.2) is 6.10 Å². The first kappa shape index (κ1) is 21.7. The van der Waals surface area contributed by atoms with Gasteiger partial charge in [0.1, 0.15) is 12.6 Å². The van der Waals surface area contributed by atoms with E-state index in [9.17, 15) is 19.5 Å². The third kappa shape index (κ3) is 5.45. The molecule has 0 saturated carbocycles. The van der Waals surface area contributed by atoms with Crippen LogP contribution < -0.4 is 5.32 Å². The number of benzene rings is 1. The van der Waals surface area contributed by atoms with Gasteiger partial charge in [0.25, 0.3) is 0 Å². The van der Waals surface area contributed by atoms with Crippen molar-refractivity contribution in [2.75, 3.05) is 6.54 Å². The molecule has 28 heavy (non-hydrogen) atoms. The maximum Gasteiger partial charge on any atom is 0.408 e. The van der Waals surface area contributed by atoms with Gasteiger partial charge >= 0.3 is 12.1 Å². The Labute approximate surface area is 164 Å². The molecule has 0 spiro atoms. The Hall–Kier alpha value is -2.61. The van der Waals surface area contributed by atoms with Crippen LogP contribution in [0.2, 0.25) is 0 Å². The molecule has 2 amide bonds. The molecule has 8 nitrogen and oxygen atoms in total. The fourth-order valence-corrected chi connectivity index (χ4v) is 3.31. The molecule has 8 heteroatoms. The molecule has 1 aliphatic rings. The van der Waals surface area contributed by atoms with Crippen LogP contribution in [0.4, 0.5) is 4.79 Å². The van der Waals surface area contributed by atoms with E-state index in [-0.39, 0.29) is 12.5 Å². The monoisotopic (exact) mass is 392 g/mol. The van der Waals surface area contributed by atoms with Gasteiger partial charge in [-0.3, -0.25) is 4.79 Å².